The van der Waals surface area contributed by atoms with Gasteiger partial charge in [-0.05, 0) is 0 Å². The van der Waals surface area contributed by atoms with E-state index in [4.69, 9.17) is 0 Å². The third-order valence-electron chi connectivity index (χ3n) is 0.787. The molecule has 0 aliphatic heterocycles. The van der Waals surface area contributed by atoms with Crippen molar-refractivity contribution in [1.29, 1.82) is 0 Å². The van der Waals surface area contributed by atoms with Crippen LogP contribution in [0.25, 0.3) is 0 Å². The second kappa shape index (κ2) is 32.8. The maximum absolute atomic E-state index is 3.70. The van der Waals surface area contributed by atoms with Gasteiger partial charge in [-0.25, -0.2) is 0 Å². The van der Waals surface area contributed by atoms with Gasteiger partial charge in [0.25, 0.3) is 0 Å². The molecule has 0 aliphatic carbocycles. The van der Waals surface area contributed by atoms with E-state index in [2.05, 4.69) is 54.5 Å². The molecule has 1 rings (SSSR count). The van der Waals surface area contributed by atoms with Crippen molar-refractivity contribution in [2.75, 3.05) is 0 Å². The molecule has 0 unspecified atom stereocenters. The Balaban J connectivity index is -0.0000000237. The van der Waals surface area contributed by atoms with Crippen molar-refractivity contribution in [3.63, 3.8) is 0 Å². The fraction of sp³-hybridized carbons (Fsp3) is 0.400. The van der Waals surface area contributed by atoms with Gasteiger partial charge in [0.05, 0.1) is 0 Å². The van der Waals surface area contributed by atoms with Crippen molar-refractivity contribution in [1.82, 2.24) is 0 Å². The van der Waals surface area contributed by atoms with E-state index in [1.165, 1.54) is 11.8 Å². The Morgan fingerprint density at radius 2 is 0.950 bits per heavy atom. The van der Waals surface area contributed by atoms with Gasteiger partial charge in [0, 0.05) is 55.7 Å². The summed E-state index contributed by atoms with van der Waals surface area (Å²) in [5, 5.41) is 0. The average molecular weight is 459 g/mol. The summed E-state index contributed by atoms with van der Waals surface area (Å²) < 4.78 is 0. The second-order valence-corrected chi connectivity index (χ2v) is 4.41. The van der Waals surface area contributed by atoms with Crippen LogP contribution >= 0.6 is 0 Å². The Morgan fingerprint density at radius 1 is 0.750 bits per heavy atom. The largest absolute Gasteiger partial charge is 2.00 e. The maximum atomic E-state index is 3.70. The zero-order valence-electron chi connectivity index (χ0n) is 13.3. The van der Waals surface area contributed by atoms with Crippen LogP contribution in [0.5, 0.6) is 0 Å². The first kappa shape index (κ1) is 43.1. The van der Waals surface area contributed by atoms with Crippen LogP contribution in [0.4, 0.5) is 0 Å². The average Bonchev–Trinajstić information content (AvgIpc) is 2.03. The molecule has 0 fully saturated rings. The molecule has 1 aromatic carbocycles. The van der Waals surface area contributed by atoms with Crippen LogP contribution in [0.1, 0.15) is 47.1 Å². The molecule has 20 heavy (non-hydrogen) atoms. The molecular weight excluding hydrogens is 435 g/mol. The minimum atomic E-state index is 0. The third kappa shape index (κ3) is 72.2. The third-order valence-corrected chi connectivity index (χ3v) is 0.787. The molecule has 5 heteroatoms. The van der Waals surface area contributed by atoms with Crippen LogP contribution in [0.3, 0.4) is 0 Å². The first-order valence-corrected chi connectivity index (χ1v) is 5.17. The smallest absolute Gasteiger partial charge is 0.323 e. The number of hydrogen-bond acceptors (Lipinski definition) is 0. The maximum Gasteiger partial charge on any atom is 2.00 e. The molecule has 0 atom stereocenters. The van der Waals surface area contributed by atoms with Crippen LogP contribution in [0, 0.1) is 24.8 Å². The quantitative estimate of drug-likeness (QED) is 0.485. The summed E-state index contributed by atoms with van der Waals surface area (Å²) >= 11 is 0. The SMILES string of the molecule is C[C-](C)C.C[C-](C)C.[CH2-]c1cc[c-]cc1.[V+2].[V+2].[V].[V].[V]. The Bertz CT molecular complexity index is 201. The normalized spacial score (nSPS) is 6.60. The van der Waals surface area contributed by atoms with Gasteiger partial charge in [0.15, 0.2) is 0 Å². The first-order chi connectivity index (χ1) is 6.86. The van der Waals surface area contributed by atoms with Crippen LogP contribution in [-0.2, 0) is 92.8 Å². The fourth-order valence-corrected chi connectivity index (χ4v) is 0.421. The van der Waals surface area contributed by atoms with Crippen molar-refractivity contribution in [2.45, 2.75) is 41.5 Å². The van der Waals surface area contributed by atoms with Crippen molar-refractivity contribution in [3.05, 3.63) is 54.7 Å². The summed E-state index contributed by atoms with van der Waals surface area (Å²) in [5.41, 5.74) is 1.04. The Labute approximate surface area is 187 Å². The summed E-state index contributed by atoms with van der Waals surface area (Å²) in [6, 6.07) is 10.4. The molecule has 0 bridgehead atoms. The monoisotopic (exact) mass is 459 g/mol. The number of rotatable bonds is 0. The van der Waals surface area contributed by atoms with Crippen LogP contribution < -0.4 is 0 Å². The van der Waals surface area contributed by atoms with E-state index in [0.29, 0.717) is 0 Å². The summed E-state index contributed by atoms with van der Waals surface area (Å²) in [7, 11) is 0. The van der Waals surface area contributed by atoms with Crippen molar-refractivity contribution in [3.8, 4) is 0 Å². The zero-order valence-corrected chi connectivity index (χ0v) is 20.2. The van der Waals surface area contributed by atoms with Crippen LogP contribution in [-0.4, -0.2) is 0 Å². The summed E-state index contributed by atoms with van der Waals surface area (Å²) in [4.78, 5) is 0. The Kier molecular flexibility index (Phi) is 70.8. The minimum absolute atomic E-state index is 0. The summed E-state index contributed by atoms with van der Waals surface area (Å²) in [5.74, 6) is 2.83. The van der Waals surface area contributed by atoms with Gasteiger partial charge in [-0.1, -0.05) is 0 Å². The van der Waals surface area contributed by atoms with Gasteiger partial charge >= 0.3 is 37.1 Å². The van der Waals surface area contributed by atoms with Gasteiger partial charge < -0.3 is 11.8 Å². The summed E-state index contributed by atoms with van der Waals surface area (Å²) in [6.07, 6.45) is 0. The predicted octanol–water partition coefficient (Wildman–Crippen LogP) is 4.90. The van der Waals surface area contributed by atoms with E-state index < -0.39 is 0 Å². The van der Waals surface area contributed by atoms with Crippen LogP contribution in [0.2, 0.25) is 0 Å². The van der Waals surface area contributed by atoms with E-state index in [1.807, 2.05) is 24.3 Å². The molecule has 0 spiro atoms. The molecule has 5 radical (unpaired) electrons. The number of benzene rings is 1. The van der Waals surface area contributed by atoms with Gasteiger partial charge in [0.2, 0.25) is 0 Å². The molecule has 0 nitrogen and oxygen atoms in total. The van der Waals surface area contributed by atoms with Gasteiger partial charge in [-0.3, -0.25) is 0 Å². The molecule has 0 saturated carbocycles. The van der Waals surface area contributed by atoms with Crippen LogP contribution in [0.15, 0.2) is 24.3 Å². The van der Waals surface area contributed by atoms with E-state index in [9.17, 15) is 0 Å². The zero-order chi connectivity index (χ0) is 12.3. The van der Waals surface area contributed by atoms with Gasteiger partial charge in [-0.2, -0.15) is 84.4 Å². The number of hydrogen-bond donors (Lipinski definition) is 0. The second-order valence-electron chi connectivity index (χ2n) is 4.41. The van der Waals surface area contributed by atoms with E-state index in [1.54, 1.807) is 0 Å². The van der Waals surface area contributed by atoms with Gasteiger partial charge in [0.1, 0.15) is 0 Å². The molecule has 109 valence electrons. The molecule has 0 heterocycles. The van der Waals surface area contributed by atoms with E-state index >= 15 is 0 Å². The molecular formula is C15H24V5. The molecule has 0 aromatic heterocycles. The topological polar surface area (TPSA) is 0 Å². The molecule has 0 amide bonds. The predicted molar refractivity (Wildman–Crippen MR) is 70.3 cm³/mol. The van der Waals surface area contributed by atoms with Crippen molar-refractivity contribution in [2.24, 2.45) is 0 Å². The van der Waals surface area contributed by atoms with Gasteiger partial charge in [-0.15, -0.1) is 0 Å². The first-order valence-electron chi connectivity index (χ1n) is 5.17. The molecule has 1 aromatic rings. The summed E-state index contributed by atoms with van der Waals surface area (Å²) in [6.45, 7) is 16.2. The minimum Gasteiger partial charge on any atom is -0.323 e. The molecule has 0 N–H and O–H groups in total. The molecule has 0 aliphatic rings. The van der Waals surface area contributed by atoms with Crippen molar-refractivity contribution >= 4 is 0 Å². The Hall–Kier alpha value is 2.01. The standard InChI is InChI=1S/C7H6.2C4H9.5V/c1-7-5-3-2-4-6-7;2*1-4(2)3;;;;;/h3-6H,1H2;2*1-3H3;;;;;/q-2;2*-1;;;;2*+2. The van der Waals surface area contributed by atoms with Crippen molar-refractivity contribution < 1.29 is 92.8 Å². The Morgan fingerprint density at radius 3 is 1.05 bits per heavy atom. The molecule has 0 saturated heterocycles. The fourth-order valence-electron chi connectivity index (χ4n) is 0.421. The van der Waals surface area contributed by atoms with E-state index in [0.717, 1.165) is 5.56 Å². The van der Waals surface area contributed by atoms with E-state index in [-0.39, 0.29) is 92.8 Å².